The highest BCUT2D eigenvalue weighted by Crippen LogP contribution is 2.39. The Morgan fingerprint density at radius 3 is 3.15 bits per heavy atom. The van der Waals surface area contributed by atoms with Crippen LogP contribution in [-0.4, -0.2) is 6.61 Å². The molecule has 0 fully saturated rings. The molecule has 1 N–H and O–H groups in total. The van der Waals surface area contributed by atoms with Crippen LogP contribution >= 0.6 is 22.9 Å². The number of halogens is 1. The van der Waals surface area contributed by atoms with Crippen LogP contribution in [0.3, 0.4) is 0 Å². The largest absolute Gasteiger partial charge is 0.494 e. The minimum atomic E-state index is 0.435. The Kier molecular flexibility index (Phi) is 4.29. The molecule has 2 aromatic rings. The summed E-state index contributed by atoms with van der Waals surface area (Å²) in [5.74, 6) is 0.942. The van der Waals surface area contributed by atoms with Gasteiger partial charge in [-0.25, -0.2) is 0 Å². The lowest BCUT2D eigenvalue weighted by atomic mass is 10.1. The van der Waals surface area contributed by atoms with Crippen LogP contribution in [0.4, 0.5) is 0 Å². The Balaban J connectivity index is 1.64. The number of hydrogen-bond donors (Lipinski definition) is 1. The predicted molar refractivity (Wildman–Crippen MR) is 84.8 cm³/mol. The van der Waals surface area contributed by atoms with Crippen molar-refractivity contribution in [2.45, 2.75) is 32.4 Å². The Hall–Kier alpha value is -1.03. The number of aryl methyl sites for hydroxylation is 1. The van der Waals surface area contributed by atoms with Crippen molar-refractivity contribution in [1.82, 2.24) is 5.32 Å². The smallest absolute Gasteiger partial charge is 0.119 e. The molecule has 0 saturated heterocycles. The van der Waals surface area contributed by atoms with Gasteiger partial charge in [-0.05, 0) is 49.1 Å². The van der Waals surface area contributed by atoms with Gasteiger partial charge in [-0.15, -0.1) is 11.3 Å². The Morgan fingerprint density at radius 1 is 1.40 bits per heavy atom. The Bertz CT molecular complexity index is 596. The van der Waals surface area contributed by atoms with E-state index >= 15 is 0 Å². The average Bonchev–Trinajstić information content (AvgIpc) is 2.97. The number of thiophene rings is 1. The van der Waals surface area contributed by atoms with Crippen molar-refractivity contribution in [2.75, 3.05) is 6.61 Å². The lowest BCUT2D eigenvalue weighted by Gasteiger charge is -2.13. The maximum atomic E-state index is 6.09. The van der Waals surface area contributed by atoms with E-state index in [0.717, 1.165) is 23.1 Å². The number of hydrogen-bond acceptors (Lipinski definition) is 3. The molecule has 1 aliphatic rings. The van der Waals surface area contributed by atoms with E-state index in [0.29, 0.717) is 12.6 Å². The van der Waals surface area contributed by atoms with Crippen molar-refractivity contribution in [3.63, 3.8) is 0 Å². The Labute approximate surface area is 128 Å². The molecule has 3 rings (SSSR count). The monoisotopic (exact) mass is 307 g/mol. The first-order valence-corrected chi connectivity index (χ1v) is 8.19. The maximum absolute atomic E-state index is 6.09. The van der Waals surface area contributed by atoms with Gasteiger partial charge >= 0.3 is 0 Å². The van der Waals surface area contributed by atoms with E-state index in [2.05, 4.69) is 23.5 Å². The van der Waals surface area contributed by atoms with Gasteiger partial charge in [0.05, 0.1) is 10.9 Å². The van der Waals surface area contributed by atoms with Gasteiger partial charge in [0.2, 0.25) is 0 Å². The standard InChI is InChI=1S/C16H18ClNOS/c1-2-19-12-5-3-4-11(8-12)10-18-14-6-7-15-13(14)9-16(17)20-15/h3-5,8-9,14,18H,2,6-7,10H2,1H3. The molecule has 20 heavy (non-hydrogen) atoms. The molecule has 106 valence electrons. The number of nitrogens with one attached hydrogen (secondary N) is 1. The second kappa shape index (κ2) is 6.17. The zero-order valence-corrected chi connectivity index (χ0v) is 13.1. The number of fused-ring (bicyclic) bond motifs is 1. The summed E-state index contributed by atoms with van der Waals surface area (Å²) in [6.45, 7) is 3.57. The van der Waals surface area contributed by atoms with E-state index < -0.39 is 0 Å². The van der Waals surface area contributed by atoms with Crippen LogP contribution in [0, 0.1) is 0 Å². The molecule has 1 aromatic heterocycles. The molecule has 0 radical (unpaired) electrons. The lowest BCUT2D eigenvalue weighted by Crippen LogP contribution is -2.18. The third-order valence-corrected chi connectivity index (χ3v) is 4.95. The first kappa shape index (κ1) is 13.9. The van der Waals surface area contributed by atoms with Crippen LogP contribution in [0.1, 0.15) is 35.4 Å². The molecule has 1 aromatic carbocycles. The first-order valence-electron chi connectivity index (χ1n) is 6.99. The summed E-state index contributed by atoms with van der Waals surface area (Å²) in [5.41, 5.74) is 2.65. The van der Waals surface area contributed by atoms with Crippen LogP contribution in [0.5, 0.6) is 5.75 Å². The highest BCUT2D eigenvalue weighted by molar-refractivity contribution is 7.16. The molecular formula is C16H18ClNOS. The molecule has 0 bridgehead atoms. The van der Waals surface area contributed by atoms with Crippen molar-refractivity contribution in [1.29, 1.82) is 0 Å². The summed E-state index contributed by atoms with van der Waals surface area (Å²) in [6, 6.07) is 10.8. The SMILES string of the molecule is CCOc1cccc(CNC2CCc3sc(Cl)cc32)c1. The maximum Gasteiger partial charge on any atom is 0.119 e. The van der Waals surface area contributed by atoms with Gasteiger partial charge in [0, 0.05) is 17.5 Å². The van der Waals surface area contributed by atoms with Gasteiger partial charge in [-0.2, -0.15) is 0 Å². The van der Waals surface area contributed by atoms with Gasteiger partial charge in [-0.3, -0.25) is 0 Å². The van der Waals surface area contributed by atoms with E-state index in [1.165, 1.54) is 22.4 Å². The van der Waals surface area contributed by atoms with Gasteiger partial charge in [0.25, 0.3) is 0 Å². The average molecular weight is 308 g/mol. The quantitative estimate of drug-likeness (QED) is 0.873. The summed E-state index contributed by atoms with van der Waals surface area (Å²) in [7, 11) is 0. The fraction of sp³-hybridized carbons (Fsp3) is 0.375. The van der Waals surface area contributed by atoms with Crippen molar-refractivity contribution in [3.8, 4) is 5.75 Å². The van der Waals surface area contributed by atoms with Crippen LogP contribution < -0.4 is 10.1 Å². The Morgan fingerprint density at radius 2 is 2.30 bits per heavy atom. The third kappa shape index (κ3) is 3.00. The summed E-state index contributed by atoms with van der Waals surface area (Å²) < 4.78 is 6.44. The summed E-state index contributed by atoms with van der Waals surface area (Å²) in [4.78, 5) is 1.44. The van der Waals surface area contributed by atoms with Crippen LogP contribution in [0.2, 0.25) is 4.34 Å². The van der Waals surface area contributed by atoms with Crippen molar-refractivity contribution >= 4 is 22.9 Å². The van der Waals surface area contributed by atoms with Crippen LogP contribution in [0.15, 0.2) is 30.3 Å². The molecule has 0 amide bonds. The lowest BCUT2D eigenvalue weighted by molar-refractivity contribution is 0.339. The fourth-order valence-electron chi connectivity index (χ4n) is 2.70. The minimum Gasteiger partial charge on any atom is -0.494 e. The molecule has 1 heterocycles. The van der Waals surface area contributed by atoms with E-state index in [1.54, 1.807) is 11.3 Å². The highest BCUT2D eigenvalue weighted by atomic mass is 35.5. The zero-order chi connectivity index (χ0) is 13.9. The minimum absolute atomic E-state index is 0.435. The second-order valence-corrected chi connectivity index (χ2v) is 6.75. The van der Waals surface area contributed by atoms with Gasteiger partial charge in [0.1, 0.15) is 5.75 Å². The normalized spacial score (nSPS) is 17.2. The summed E-state index contributed by atoms with van der Waals surface area (Å²) >= 11 is 7.81. The predicted octanol–water partition coefficient (Wildman–Crippen LogP) is 4.58. The van der Waals surface area contributed by atoms with Gasteiger partial charge < -0.3 is 10.1 Å². The van der Waals surface area contributed by atoms with Crippen molar-refractivity contribution in [3.05, 3.63) is 50.7 Å². The summed E-state index contributed by atoms with van der Waals surface area (Å²) in [6.07, 6.45) is 2.31. The molecule has 2 nitrogen and oxygen atoms in total. The third-order valence-electron chi connectivity index (χ3n) is 3.61. The zero-order valence-electron chi connectivity index (χ0n) is 11.5. The second-order valence-electron chi connectivity index (χ2n) is 4.98. The molecule has 4 heteroatoms. The van der Waals surface area contributed by atoms with Gasteiger partial charge in [0.15, 0.2) is 0 Å². The number of rotatable bonds is 5. The first-order chi connectivity index (χ1) is 9.76. The van der Waals surface area contributed by atoms with Crippen molar-refractivity contribution in [2.24, 2.45) is 0 Å². The summed E-state index contributed by atoms with van der Waals surface area (Å²) in [5, 5.41) is 3.63. The van der Waals surface area contributed by atoms with Gasteiger partial charge in [-0.1, -0.05) is 23.7 Å². The number of benzene rings is 1. The molecule has 1 atom stereocenters. The molecule has 1 unspecified atom stereocenters. The van der Waals surface area contributed by atoms with Crippen LogP contribution in [0.25, 0.3) is 0 Å². The van der Waals surface area contributed by atoms with E-state index in [9.17, 15) is 0 Å². The van der Waals surface area contributed by atoms with E-state index in [4.69, 9.17) is 16.3 Å². The van der Waals surface area contributed by atoms with E-state index in [-0.39, 0.29) is 0 Å². The van der Waals surface area contributed by atoms with Crippen molar-refractivity contribution < 1.29 is 4.74 Å². The molecular weight excluding hydrogens is 290 g/mol. The number of ether oxygens (including phenoxy) is 1. The van der Waals surface area contributed by atoms with E-state index in [1.807, 2.05) is 19.1 Å². The fourth-order valence-corrected chi connectivity index (χ4v) is 4.05. The molecule has 0 aliphatic heterocycles. The molecule has 1 aliphatic carbocycles. The highest BCUT2D eigenvalue weighted by Gasteiger charge is 2.24. The topological polar surface area (TPSA) is 21.3 Å². The molecule has 0 spiro atoms. The molecule has 0 saturated carbocycles. The van der Waals surface area contributed by atoms with Crippen LogP contribution in [-0.2, 0) is 13.0 Å².